The van der Waals surface area contributed by atoms with Crippen molar-refractivity contribution in [2.24, 2.45) is 5.92 Å². The quantitative estimate of drug-likeness (QED) is 0.773. The molecule has 0 aliphatic carbocycles. The lowest BCUT2D eigenvalue weighted by atomic mass is 10.1. The summed E-state index contributed by atoms with van der Waals surface area (Å²) in [5.74, 6) is -1.34. The fraction of sp³-hybridized carbons (Fsp3) is 0.500. The first-order valence-electron chi connectivity index (χ1n) is 8.15. The number of hydrogen-bond donors (Lipinski definition) is 1. The molecule has 0 saturated heterocycles. The van der Waals surface area contributed by atoms with Crippen LogP contribution < -0.4 is 0 Å². The summed E-state index contributed by atoms with van der Waals surface area (Å²) in [4.78, 5) is 38.1. The van der Waals surface area contributed by atoms with Crippen LogP contribution in [-0.4, -0.2) is 66.2 Å². The molecule has 7 nitrogen and oxygen atoms in total. The minimum absolute atomic E-state index is 0.0192. The average molecular weight is 350 g/mol. The van der Waals surface area contributed by atoms with E-state index in [4.69, 9.17) is 4.74 Å². The van der Waals surface area contributed by atoms with Crippen LogP contribution in [0.5, 0.6) is 0 Å². The zero-order valence-electron chi connectivity index (χ0n) is 15.1. The second kappa shape index (κ2) is 9.66. The van der Waals surface area contributed by atoms with Crippen molar-refractivity contribution in [1.29, 1.82) is 0 Å². The monoisotopic (exact) mass is 350 g/mol. The lowest BCUT2D eigenvalue weighted by molar-refractivity contribution is -0.147. The van der Waals surface area contributed by atoms with E-state index in [0.717, 1.165) is 5.56 Å². The number of amides is 2. The van der Waals surface area contributed by atoms with Crippen LogP contribution in [0.1, 0.15) is 19.4 Å². The van der Waals surface area contributed by atoms with Gasteiger partial charge in [0.1, 0.15) is 0 Å². The minimum Gasteiger partial charge on any atom is -0.478 e. The predicted molar refractivity (Wildman–Crippen MR) is 93.2 cm³/mol. The molecule has 138 valence electrons. The second-order valence-electron chi connectivity index (χ2n) is 6.24. The molecule has 0 unspecified atom stereocenters. The van der Waals surface area contributed by atoms with Gasteiger partial charge in [-0.05, 0) is 5.56 Å². The number of rotatable bonds is 8. The molecule has 1 N–H and O–H groups in total. The summed E-state index contributed by atoms with van der Waals surface area (Å²) < 4.78 is 5.10. The van der Waals surface area contributed by atoms with E-state index in [1.165, 1.54) is 16.8 Å². The van der Waals surface area contributed by atoms with Crippen LogP contribution in [0, 0.1) is 5.92 Å². The maximum atomic E-state index is 12.1. The number of likely N-dealkylation sites (N-methyl/N-ethyl adjacent to an activating group) is 2. The summed E-state index contributed by atoms with van der Waals surface area (Å²) in [5, 5.41) is 9.27. The van der Waals surface area contributed by atoms with Crippen molar-refractivity contribution in [3.63, 3.8) is 0 Å². The van der Waals surface area contributed by atoms with Gasteiger partial charge >= 0.3 is 12.1 Å². The summed E-state index contributed by atoms with van der Waals surface area (Å²) in [6, 6.07) is 8.97. The van der Waals surface area contributed by atoms with Crippen molar-refractivity contribution in [3.05, 3.63) is 35.9 Å². The molecule has 1 aromatic carbocycles. The number of aliphatic carboxylic acids is 1. The van der Waals surface area contributed by atoms with Gasteiger partial charge in [0.05, 0.1) is 0 Å². The van der Waals surface area contributed by atoms with Gasteiger partial charge in [0, 0.05) is 39.5 Å². The van der Waals surface area contributed by atoms with Gasteiger partial charge in [-0.3, -0.25) is 4.79 Å². The summed E-state index contributed by atoms with van der Waals surface area (Å²) in [6.45, 7) is 4.21. The van der Waals surface area contributed by atoms with Gasteiger partial charge in [-0.15, -0.1) is 0 Å². The first kappa shape index (κ1) is 20.5. The Morgan fingerprint density at radius 1 is 1.04 bits per heavy atom. The van der Waals surface area contributed by atoms with E-state index in [0.29, 0.717) is 6.54 Å². The van der Waals surface area contributed by atoms with Crippen molar-refractivity contribution in [2.75, 3.05) is 27.2 Å². The number of carboxylic acid groups (broad SMARTS) is 1. The van der Waals surface area contributed by atoms with E-state index in [-0.39, 0.29) is 24.8 Å². The van der Waals surface area contributed by atoms with E-state index >= 15 is 0 Å². The highest BCUT2D eigenvalue weighted by Gasteiger charge is 2.25. The van der Waals surface area contributed by atoms with Gasteiger partial charge in [0.15, 0.2) is 0 Å². The van der Waals surface area contributed by atoms with E-state index in [9.17, 15) is 19.5 Å². The third-order valence-electron chi connectivity index (χ3n) is 3.74. The fourth-order valence-electron chi connectivity index (χ4n) is 2.16. The van der Waals surface area contributed by atoms with Crippen LogP contribution in [-0.2, 0) is 20.7 Å². The molecule has 0 saturated carbocycles. The predicted octanol–water partition coefficient (Wildman–Crippen LogP) is 1.87. The Kier molecular flexibility index (Phi) is 7.91. The maximum absolute atomic E-state index is 12.1. The molecular formula is C18H26N2O5. The zero-order chi connectivity index (χ0) is 19.0. The minimum atomic E-state index is -1.26. The molecule has 0 bridgehead atoms. The zero-order valence-corrected chi connectivity index (χ0v) is 15.1. The van der Waals surface area contributed by atoms with E-state index in [2.05, 4.69) is 0 Å². The molecule has 1 rings (SSSR count). The molecule has 1 atom stereocenters. The van der Waals surface area contributed by atoms with Crippen molar-refractivity contribution >= 4 is 18.0 Å². The summed E-state index contributed by atoms with van der Waals surface area (Å²) in [7, 11) is 3.18. The smallest absolute Gasteiger partial charge is 0.410 e. The highest BCUT2D eigenvalue weighted by atomic mass is 16.6. The lowest BCUT2D eigenvalue weighted by Crippen LogP contribution is -2.41. The van der Waals surface area contributed by atoms with Crippen LogP contribution >= 0.6 is 0 Å². The molecule has 0 aliphatic rings. The van der Waals surface area contributed by atoms with Crippen LogP contribution in [0.3, 0.4) is 0 Å². The normalized spacial score (nSPS) is 11.7. The van der Waals surface area contributed by atoms with Gasteiger partial charge in [0.2, 0.25) is 12.0 Å². The third kappa shape index (κ3) is 6.82. The Bertz CT molecular complexity index is 588. The molecule has 1 aromatic rings. The molecule has 7 heteroatoms. The average Bonchev–Trinajstić information content (AvgIpc) is 2.58. The number of hydrogen-bond acceptors (Lipinski definition) is 4. The molecule has 25 heavy (non-hydrogen) atoms. The van der Waals surface area contributed by atoms with Crippen LogP contribution in [0.4, 0.5) is 4.79 Å². The molecule has 0 aliphatic heterocycles. The Hall–Kier alpha value is -2.57. The first-order valence-corrected chi connectivity index (χ1v) is 8.15. The molecule has 2 amide bonds. The SMILES string of the molecule is CC(C)C(=O)N(C)CCN(C)C(=O)O[C@@H](Cc1ccccc1)C(=O)O. The first-order chi connectivity index (χ1) is 11.7. The van der Waals surface area contributed by atoms with Gasteiger partial charge in [-0.1, -0.05) is 44.2 Å². The Balaban J connectivity index is 2.56. The Morgan fingerprint density at radius 2 is 1.60 bits per heavy atom. The van der Waals surface area contributed by atoms with Crippen molar-refractivity contribution in [1.82, 2.24) is 9.80 Å². The lowest BCUT2D eigenvalue weighted by Gasteiger charge is -2.24. The molecule has 0 radical (unpaired) electrons. The van der Waals surface area contributed by atoms with Crippen molar-refractivity contribution < 1.29 is 24.2 Å². The number of carbonyl (C=O) groups excluding carboxylic acids is 2. The van der Waals surface area contributed by atoms with Crippen LogP contribution in [0.15, 0.2) is 30.3 Å². The van der Waals surface area contributed by atoms with Crippen LogP contribution in [0.25, 0.3) is 0 Å². The topological polar surface area (TPSA) is 87.2 Å². The number of benzene rings is 1. The van der Waals surface area contributed by atoms with E-state index in [1.54, 1.807) is 45.2 Å². The van der Waals surface area contributed by atoms with E-state index < -0.39 is 18.2 Å². The van der Waals surface area contributed by atoms with Gasteiger partial charge in [-0.2, -0.15) is 0 Å². The highest BCUT2D eigenvalue weighted by molar-refractivity contribution is 5.78. The molecule has 0 aromatic heterocycles. The largest absolute Gasteiger partial charge is 0.478 e. The molecule has 0 heterocycles. The Morgan fingerprint density at radius 3 is 2.12 bits per heavy atom. The molecule has 0 fully saturated rings. The maximum Gasteiger partial charge on any atom is 0.410 e. The third-order valence-corrected chi connectivity index (χ3v) is 3.74. The van der Waals surface area contributed by atoms with Gasteiger partial charge in [-0.25, -0.2) is 9.59 Å². The van der Waals surface area contributed by atoms with Crippen molar-refractivity contribution in [3.8, 4) is 0 Å². The standard InChI is InChI=1S/C18H26N2O5/c1-13(2)16(21)19(3)10-11-20(4)18(24)25-15(17(22)23)12-14-8-6-5-7-9-14/h5-9,13,15H,10-12H2,1-4H3,(H,22,23)/t15-/m0/s1. The number of ether oxygens (including phenoxy) is 1. The van der Waals surface area contributed by atoms with E-state index in [1.807, 2.05) is 6.07 Å². The molecule has 0 spiro atoms. The van der Waals surface area contributed by atoms with Gasteiger partial charge in [0.25, 0.3) is 0 Å². The number of carbonyl (C=O) groups is 3. The molecular weight excluding hydrogens is 324 g/mol. The second-order valence-corrected chi connectivity index (χ2v) is 6.24. The summed E-state index contributed by atoms with van der Waals surface area (Å²) in [5.41, 5.74) is 0.771. The van der Waals surface area contributed by atoms with Crippen molar-refractivity contribution in [2.45, 2.75) is 26.4 Å². The summed E-state index contributed by atoms with van der Waals surface area (Å²) >= 11 is 0. The highest BCUT2D eigenvalue weighted by Crippen LogP contribution is 2.08. The summed E-state index contributed by atoms with van der Waals surface area (Å²) in [6.07, 6.45) is -1.89. The fourth-order valence-corrected chi connectivity index (χ4v) is 2.16. The van der Waals surface area contributed by atoms with Crippen LogP contribution in [0.2, 0.25) is 0 Å². The number of carboxylic acids is 1. The number of nitrogens with zero attached hydrogens (tertiary/aromatic N) is 2. The Labute approximate surface area is 148 Å². The van der Waals surface area contributed by atoms with Gasteiger partial charge < -0.3 is 19.6 Å².